The van der Waals surface area contributed by atoms with Crippen molar-refractivity contribution in [3.05, 3.63) is 0 Å². The molecule has 5 heteroatoms. The Bertz CT molecular complexity index is 270. The quantitative estimate of drug-likeness (QED) is 0.621. The number of hydrogen-bond donors (Lipinski definition) is 2. The van der Waals surface area contributed by atoms with Gasteiger partial charge in [-0.15, -0.1) is 0 Å². The molecule has 0 aromatic carbocycles. The maximum Gasteiger partial charge on any atom is 0.239 e. The second kappa shape index (κ2) is 4.18. The average Bonchev–Trinajstić information content (AvgIpc) is 2.53. The molecule has 15 heavy (non-hydrogen) atoms. The van der Waals surface area contributed by atoms with Gasteiger partial charge in [0.2, 0.25) is 11.8 Å². The first kappa shape index (κ1) is 10.4. The molecule has 2 heterocycles. The zero-order chi connectivity index (χ0) is 10.8. The summed E-state index contributed by atoms with van der Waals surface area (Å²) >= 11 is 0. The number of likely N-dealkylation sites (tertiary alicyclic amines) is 1. The Hall–Kier alpha value is -1.10. The number of carbonyl (C=O) groups excluding carboxylic acids is 2. The molecule has 2 aliphatic rings. The number of likely N-dealkylation sites (N-methyl/N-ethyl adjacent to an activating group) is 1. The van der Waals surface area contributed by atoms with Crippen molar-refractivity contribution in [1.82, 2.24) is 15.5 Å². The van der Waals surface area contributed by atoms with Gasteiger partial charge < -0.3 is 15.5 Å². The van der Waals surface area contributed by atoms with Gasteiger partial charge in [-0.1, -0.05) is 0 Å². The van der Waals surface area contributed by atoms with E-state index in [0.29, 0.717) is 13.0 Å². The van der Waals surface area contributed by atoms with Crippen LogP contribution in [0.2, 0.25) is 0 Å². The van der Waals surface area contributed by atoms with E-state index < -0.39 is 0 Å². The molecule has 84 valence electrons. The van der Waals surface area contributed by atoms with Crippen LogP contribution in [0, 0.1) is 0 Å². The van der Waals surface area contributed by atoms with E-state index in [0.717, 1.165) is 19.4 Å². The second-order valence-corrected chi connectivity index (χ2v) is 4.31. The van der Waals surface area contributed by atoms with Crippen LogP contribution in [0.25, 0.3) is 0 Å². The predicted octanol–water partition coefficient (Wildman–Crippen LogP) is -0.915. The number of nitrogens with one attached hydrogen (secondary N) is 2. The van der Waals surface area contributed by atoms with Gasteiger partial charge in [-0.05, 0) is 12.8 Å². The summed E-state index contributed by atoms with van der Waals surface area (Å²) < 4.78 is 0. The number of rotatable bonds is 2. The molecule has 0 aromatic rings. The first-order chi connectivity index (χ1) is 7.16. The van der Waals surface area contributed by atoms with Crippen molar-refractivity contribution in [2.45, 2.75) is 31.3 Å². The third-order valence-electron chi connectivity index (χ3n) is 3.13. The number of hydrogen-bond acceptors (Lipinski definition) is 3. The molecule has 2 atom stereocenters. The molecule has 0 aliphatic carbocycles. The highest BCUT2D eigenvalue weighted by atomic mass is 16.2. The van der Waals surface area contributed by atoms with E-state index >= 15 is 0 Å². The van der Waals surface area contributed by atoms with Gasteiger partial charge in [-0.3, -0.25) is 9.59 Å². The topological polar surface area (TPSA) is 61.4 Å². The summed E-state index contributed by atoms with van der Waals surface area (Å²) in [6, 6.07) is 0.207. The lowest BCUT2D eigenvalue weighted by atomic mass is 10.1. The number of piperidine rings is 1. The van der Waals surface area contributed by atoms with E-state index in [1.807, 2.05) is 7.05 Å². The van der Waals surface area contributed by atoms with E-state index in [4.69, 9.17) is 0 Å². The van der Waals surface area contributed by atoms with Crippen molar-refractivity contribution >= 4 is 11.8 Å². The highest BCUT2D eigenvalue weighted by Gasteiger charge is 2.31. The number of nitrogens with zero attached hydrogens (tertiary/aromatic N) is 1. The van der Waals surface area contributed by atoms with Crippen LogP contribution in [0.3, 0.4) is 0 Å². The Balaban J connectivity index is 1.82. The molecule has 2 rings (SSSR count). The minimum atomic E-state index is -0.0463. The molecule has 0 saturated carbocycles. The number of carbonyl (C=O) groups is 2. The fourth-order valence-corrected chi connectivity index (χ4v) is 2.14. The fourth-order valence-electron chi connectivity index (χ4n) is 2.14. The number of amides is 2. The molecule has 0 spiro atoms. The molecule has 2 amide bonds. The van der Waals surface area contributed by atoms with Crippen LogP contribution >= 0.6 is 0 Å². The van der Waals surface area contributed by atoms with Crippen LogP contribution in [0.4, 0.5) is 0 Å². The first-order valence-electron chi connectivity index (χ1n) is 5.44. The lowest BCUT2D eigenvalue weighted by Crippen LogP contribution is -2.51. The Labute approximate surface area is 89.2 Å². The largest absolute Gasteiger partial charge is 0.355 e. The summed E-state index contributed by atoms with van der Waals surface area (Å²) in [6.45, 7) is 1.47. The second-order valence-electron chi connectivity index (χ2n) is 4.31. The predicted molar refractivity (Wildman–Crippen MR) is 55.2 cm³/mol. The third kappa shape index (κ3) is 2.28. The molecule has 2 saturated heterocycles. The molecule has 2 fully saturated rings. The lowest BCUT2D eigenvalue weighted by molar-refractivity contribution is -0.128. The summed E-state index contributed by atoms with van der Waals surface area (Å²) in [5.41, 5.74) is 0. The van der Waals surface area contributed by atoms with Crippen molar-refractivity contribution in [2.24, 2.45) is 0 Å². The summed E-state index contributed by atoms with van der Waals surface area (Å²) in [7, 11) is 1.83. The third-order valence-corrected chi connectivity index (χ3v) is 3.13. The highest BCUT2D eigenvalue weighted by Crippen LogP contribution is 2.11. The van der Waals surface area contributed by atoms with Crippen LogP contribution in [-0.2, 0) is 9.59 Å². The summed E-state index contributed by atoms with van der Waals surface area (Å²) in [5, 5.41) is 6.12. The van der Waals surface area contributed by atoms with Gasteiger partial charge in [0.05, 0.1) is 6.04 Å². The summed E-state index contributed by atoms with van der Waals surface area (Å²) in [5.74, 6) is 0.287. The van der Waals surface area contributed by atoms with Crippen molar-refractivity contribution < 1.29 is 9.59 Å². The van der Waals surface area contributed by atoms with E-state index in [1.54, 1.807) is 4.90 Å². The Morgan fingerprint density at radius 2 is 2.20 bits per heavy atom. The van der Waals surface area contributed by atoms with Gasteiger partial charge in [0.25, 0.3) is 0 Å². The lowest BCUT2D eigenvalue weighted by Gasteiger charge is -2.26. The minimum Gasteiger partial charge on any atom is -0.355 e. The highest BCUT2D eigenvalue weighted by molar-refractivity contribution is 5.83. The standard InChI is InChI=1S/C10H17N3O2/c1-13-5-4-8(10(13)15)12-7-2-3-9(14)11-6-7/h7-8,12H,2-6H2,1H3,(H,11,14). The maximum atomic E-state index is 11.6. The maximum absolute atomic E-state index is 11.6. The van der Waals surface area contributed by atoms with Crippen LogP contribution in [0.5, 0.6) is 0 Å². The van der Waals surface area contributed by atoms with Gasteiger partial charge in [0, 0.05) is 32.6 Å². The normalized spacial score (nSPS) is 31.9. The van der Waals surface area contributed by atoms with Crippen molar-refractivity contribution in [1.29, 1.82) is 0 Å². The van der Waals surface area contributed by atoms with Gasteiger partial charge >= 0.3 is 0 Å². The molecule has 0 aromatic heterocycles. The summed E-state index contributed by atoms with van der Waals surface area (Å²) in [4.78, 5) is 24.3. The van der Waals surface area contributed by atoms with Gasteiger partial charge in [0.1, 0.15) is 0 Å². The molecule has 0 bridgehead atoms. The average molecular weight is 211 g/mol. The fraction of sp³-hybridized carbons (Fsp3) is 0.800. The van der Waals surface area contributed by atoms with Gasteiger partial charge in [0.15, 0.2) is 0 Å². The monoisotopic (exact) mass is 211 g/mol. The Morgan fingerprint density at radius 1 is 1.40 bits per heavy atom. The van der Waals surface area contributed by atoms with E-state index in [2.05, 4.69) is 10.6 Å². The van der Waals surface area contributed by atoms with Crippen LogP contribution < -0.4 is 10.6 Å². The van der Waals surface area contributed by atoms with Crippen LogP contribution in [0.1, 0.15) is 19.3 Å². The van der Waals surface area contributed by atoms with Crippen molar-refractivity contribution in [3.8, 4) is 0 Å². The van der Waals surface area contributed by atoms with Gasteiger partial charge in [-0.2, -0.15) is 0 Å². The van der Waals surface area contributed by atoms with Crippen molar-refractivity contribution in [2.75, 3.05) is 20.1 Å². The smallest absolute Gasteiger partial charge is 0.239 e. The summed E-state index contributed by atoms with van der Waals surface area (Å²) in [6.07, 6.45) is 2.27. The Kier molecular flexibility index (Phi) is 2.90. The van der Waals surface area contributed by atoms with Crippen molar-refractivity contribution in [3.63, 3.8) is 0 Å². The minimum absolute atomic E-state index is 0.0463. The van der Waals surface area contributed by atoms with E-state index in [9.17, 15) is 9.59 Å². The molecule has 2 unspecified atom stereocenters. The SMILES string of the molecule is CN1CCC(NC2CCC(=O)NC2)C1=O. The zero-order valence-corrected chi connectivity index (χ0v) is 8.95. The molecule has 0 radical (unpaired) electrons. The molecular weight excluding hydrogens is 194 g/mol. The van der Waals surface area contributed by atoms with Crippen LogP contribution in [0.15, 0.2) is 0 Å². The van der Waals surface area contributed by atoms with Crippen LogP contribution in [-0.4, -0.2) is 48.9 Å². The molecular formula is C10H17N3O2. The molecule has 5 nitrogen and oxygen atoms in total. The van der Waals surface area contributed by atoms with Gasteiger partial charge in [-0.25, -0.2) is 0 Å². The molecule has 2 N–H and O–H groups in total. The first-order valence-corrected chi connectivity index (χ1v) is 5.44. The Morgan fingerprint density at radius 3 is 2.73 bits per heavy atom. The van der Waals surface area contributed by atoms with E-state index in [-0.39, 0.29) is 23.9 Å². The molecule has 2 aliphatic heterocycles. The zero-order valence-electron chi connectivity index (χ0n) is 8.95. The van der Waals surface area contributed by atoms with E-state index in [1.165, 1.54) is 0 Å².